The summed E-state index contributed by atoms with van der Waals surface area (Å²) in [5, 5.41) is 8.76. The highest BCUT2D eigenvalue weighted by Gasteiger charge is 2.32. The number of rotatable bonds is 7. The molecule has 25 heavy (non-hydrogen) atoms. The molecule has 140 valence electrons. The first-order valence-electron chi connectivity index (χ1n) is 8.48. The third kappa shape index (κ3) is 6.49. The fourth-order valence-corrected chi connectivity index (χ4v) is 2.92. The molecule has 6 nitrogen and oxygen atoms in total. The number of hydrogen-bond acceptors (Lipinski definition) is 5. The third-order valence-corrected chi connectivity index (χ3v) is 4.37. The van der Waals surface area contributed by atoms with Gasteiger partial charge in [0.15, 0.2) is 0 Å². The molecule has 1 unspecified atom stereocenters. The van der Waals surface area contributed by atoms with Crippen molar-refractivity contribution in [1.29, 1.82) is 0 Å². The Balaban J connectivity index is 1.67. The molecule has 1 aromatic rings. The second kappa shape index (κ2) is 8.98. The summed E-state index contributed by atoms with van der Waals surface area (Å²) in [7, 11) is 0. The molecule has 1 aliphatic rings. The zero-order valence-corrected chi connectivity index (χ0v) is 14.2. The molecule has 0 saturated carbocycles. The zero-order chi connectivity index (χ0) is 18.3. The van der Waals surface area contributed by atoms with E-state index in [1.165, 1.54) is 0 Å². The van der Waals surface area contributed by atoms with Crippen LogP contribution in [-0.4, -0.2) is 42.1 Å². The van der Waals surface area contributed by atoms with Crippen LogP contribution in [0.25, 0.3) is 0 Å². The maximum atomic E-state index is 12.6. The lowest BCUT2D eigenvalue weighted by atomic mass is 9.84. The minimum absolute atomic E-state index is 0.0437. The van der Waals surface area contributed by atoms with Crippen LogP contribution in [0.3, 0.4) is 0 Å². The van der Waals surface area contributed by atoms with E-state index >= 15 is 0 Å². The highest BCUT2D eigenvalue weighted by molar-refractivity contribution is 5.76. The van der Waals surface area contributed by atoms with Gasteiger partial charge >= 0.3 is 6.18 Å². The molecule has 2 rings (SSSR count). The molecule has 2 heterocycles. The van der Waals surface area contributed by atoms with Crippen molar-refractivity contribution in [2.45, 2.75) is 32.4 Å². The maximum absolute atomic E-state index is 12.6. The SMILES string of the molecule is CC(CC(=O)NCCNc1nccc(C(F)(F)F)n1)C1CCNCC1. The van der Waals surface area contributed by atoms with Crippen molar-refractivity contribution in [3.63, 3.8) is 0 Å². The van der Waals surface area contributed by atoms with Gasteiger partial charge in [-0.05, 0) is 43.8 Å². The number of carbonyl (C=O) groups is 1. The van der Waals surface area contributed by atoms with Gasteiger partial charge in [0.05, 0.1) is 0 Å². The van der Waals surface area contributed by atoms with Gasteiger partial charge in [-0.3, -0.25) is 4.79 Å². The van der Waals surface area contributed by atoms with E-state index in [9.17, 15) is 18.0 Å². The van der Waals surface area contributed by atoms with Crippen LogP contribution in [-0.2, 0) is 11.0 Å². The molecule has 0 radical (unpaired) electrons. The number of nitrogens with one attached hydrogen (secondary N) is 3. The van der Waals surface area contributed by atoms with Crippen molar-refractivity contribution in [1.82, 2.24) is 20.6 Å². The van der Waals surface area contributed by atoms with Crippen LogP contribution in [0.4, 0.5) is 19.1 Å². The van der Waals surface area contributed by atoms with Gasteiger partial charge in [-0.15, -0.1) is 0 Å². The molecule has 1 amide bonds. The van der Waals surface area contributed by atoms with Gasteiger partial charge in [0.1, 0.15) is 5.69 Å². The van der Waals surface area contributed by atoms with Crippen molar-refractivity contribution in [3.05, 3.63) is 18.0 Å². The number of carbonyl (C=O) groups excluding carboxylic acids is 1. The summed E-state index contributed by atoms with van der Waals surface area (Å²) in [5.74, 6) is 0.732. The van der Waals surface area contributed by atoms with Gasteiger partial charge in [0.2, 0.25) is 11.9 Å². The van der Waals surface area contributed by atoms with Crippen molar-refractivity contribution in [2.75, 3.05) is 31.5 Å². The Morgan fingerprint density at radius 1 is 1.36 bits per heavy atom. The Morgan fingerprint density at radius 2 is 2.08 bits per heavy atom. The number of aromatic nitrogens is 2. The predicted molar refractivity (Wildman–Crippen MR) is 87.9 cm³/mol. The monoisotopic (exact) mass is 359 g/mol. The second-order valence-electron chi connectivity index (χ2n) is 6.31. The first kappa shape index (κ1) is 19.4. The highest BCUT2D eigenvalue weighted by atomic mass is 19.4. The van der Waals surface area contributed by atoms with E-state index in [4.69, 9.17) is 0 Å². The summed E-state index contributed by atoms with van der Waals surface area (Å²) in [6.07, 6.45) is -0.813. The Hall–Kier alpha value is -1.90. The molecule has 1 atom stereocenters. The fourth-order valence-electron chi connectivity index (χ4n) is 2.92. The Labute approximate surface area is 145 Å². The lowest BCUT2D eigenvalue weighted by Gasteiger charge is -2.27. The Bertz CT molecular complexity index is 561. The number of nitrogens with zero attached hydrogens (tertiary/aromatic N) is 2. The summed E-state index contributed by atoms with van der Waals surface area (Å²) in [6, 6.07) is 0.815. The zero-order valence-electron chi connectivity index (χ0n) is 14.2. The standard InChI is InChI=1S/C16H24F3N5O/c1-11(12-2-5-20-6-3-12)10-14(25)21-8-9-23-15-22-7-4-13(24-15)16(17,18)19/h4,7,11-12,20H,2-3,5-6,8-10H2,1H3,(H,21,25)(H,22,23,24). The largest absolute Gasteiger partial charge is 0.433 e. The van der Waals surface area contributed by atoms with E-state index in [1.54, 1.807) is 0 Å². The van der Waals surface area contributed by atoms with Gasteiger partial charge in [-0.2, -0.15) is 13.2 Å². The molecule has 1 fully saturated rings. The minimum atomic E-state index is -4.50. The normalized spacial score (nSPS) is 17.1. The first-order valence-corrected chi connectivity index (χ1v) is 8.48. The van der Waals surface area contributed by atoms with E-state index in [-0.39, 0.29) is 18.4 Å². The summed E-state index contributed by atoms with van der Waals surface area (Å²) in [4.78, 5) is 19.1. The van der Waals surface area contributed by atoms with Crippen LogP contribution in [0.1, 0.15) is 31.9 Å². The number of halogens is 3. The molecule has 1 aliphatic heterocycles. The van der Waals surface area contributed by atoms with Crippen LogP contribution < -0.4 is 16.0 Å². The lowest BCUT2D eigenvalue weighted by molar-refractivity contribution is -0.141. The topological polar surface area (TPSA) is 78.9 Å². The summed E-state index contributed by atoms with van der Waals surface area (Å²) >= 11 is 0. The van der Waals surface area contributed by atoms with Crippen molar-refractivity contribution in [2.24, 2.45) is 11.8 Å². The average Bonchev–Trinajstić information content (AvgIpc) is 2.59. The van der Waals surface area contributed by atoms with E-state index in [2.05, 4.69) is 32.8 Å². The van der Waals surface area contributed by atoms with Gasteiger partial charge in [0, 0.05) is 25.7 Å². The quantitative estimate of drug-likeness (QED) is 0.650. The summed E-state index contributed by atoms with van der Waals surface area (Å²) in [6.45, 7) is 4.64. The number of amides is 1. The van der Waals surface area contributed by atoms with Crippen molar-refractivity contribution >= 4 is 11.9 Å². The number of piperidine rings is 1. The van der Waals surface area contributed by atoms with Gasteiger partial charge in [-0.1, -0.05) is 6.92 Å². The summed E-state index contributed by atoms with van der Waals surface area (Å²) in [5.41, 5.74) is -0.996. The lowest BCUT2D eigenvalue weighted by Crippen LogP contribution is -2.34. The third-order valence-electron chi connectivity index (χ3n) is 4.37. The number of anilines is 1. The van der Waals surface area contributed by atoms with Gasteiger partial charge in [0.25, 0.3) is 0 Å². The van der Waals surface area contributed by atoms with Gasteiger partial charge in [-0.25, -0.2) is 9.97 Å². The summed E-state index contributed by atoms with van der Waals surface area (Å²) < 4.78 is 37.7. The molecular weight excluding hydrogens is 335 g/mol. The maximum Gasteiger partial charge on any atom is 0.433 e. The van der Waals surface area contributed by atoms with Crippen LogP contribution in [0.5, 0.6) is 0 Å². The molecule has 0 aromatic carbocycles. The van der Waals surface area contributed by atoms with Crippen LogP contribution >= 0.6 is 0 Å². The average molecular weight is 359 g/mol. The minimum Gasteiger partial charge on any atom is -0.354 e. The predicted octanol–water partition coefficient (Wildman–Crippen LogP) is 2.05. The molecule has 3 N–H and O–H groups in total. The molecule has 0 spiro atoms. The van der Waals surface area contributed by atoms with Crippen molar-refractivity contribution < 1.29 is 18.0 Å². The number of alkyl halides is 3. The van der Waals surface area contributed by atoms with Crippen LogP contribution in [0, 0.1) is 11.8 Å². The number of hydrogen-bond donors (Lipinski definition) is 3. The fraction of sp³-hybridized carbons (Fsp3) is 0.688. The second-order valence-corrected chi connectivity index (χ2v) is 6.31. The molecule has 0 bridgehead atoms. The van der Waals surface area contributed by atoms with E-state index < -0.39 is 11.9 Å². The van der Waals surface area contributed by atoms with Crippen molar-refractivity contribution in [3.8, 4) is 0 Å². The van der Waals surface area contributed by atoms with Crippen LogP contribution in [0.2, 0.25) is 0 Å². The highest BCUT2D eigenvalue weighted by Crippen LogP contribution is 2.27. The van der Waals surface area contributed by atoms with E-state index in [1.807, 2.05) is 0 Å². The van der Waals surface area contributed by atoms with E-state index in [0.29, 0.717) is 24.8 Å². The molecule has 1 aromatic heterocycles. The Kier molecular flexibility index (Phi) is 6.98. The first-order chi connectivity index (χ1) is 11.9. The van der Waals surface area contributed by atoms with E-state index in [0.717, 1.165) is 38.2 Å². The molecule has 1 saturated heterocycles. The van der Waals surface area contributed by atoms with Gasteiger partial charge < -0.3 is 16.0 Å². The van der Waals surface area contributed by atoms with Crippen LogP contribution in [0.15, 0.2) is 12.3 Å². The molecule has 0 aliphatic carbocycles. The Morgan fingerprint density at radius 3 is 2.76 bits per heavy atom. The molecular formula is C16H24F3N5O. The smallest absolute Gasteiger partial charge is 0.354 e. The molecule has 9 heteroatoms.